The third-order valence-electron chi connectivity index (χ3n) is 5.38. The van der Waals surface area contributed by atoms with E-state index in [1.165, 1.54) is 0 Å². The quantitative estimate of drug-likeness (QED) is 0.660. The van der Waals surface area contributed by atoms with Gasteiger partial charge in [-0.25, -0.2) is 0 Å². The first-order valence-corrected chi connectivity index (χ1v) is 10.00. The van der Waals surface area contributed by atoms with Crippen molar-refractivity contribution in [3.05, 3.63) is 59.7 Å². The van der Waals surface area contributed by atoms with Gasteiger partial charge in [0.25, 0.3) is 0 Å². The molecule has 1 saturated heterocycles. The van der Waals surface area contributed by atoms with Crippen LogP contribution in [0.2, 0.25) is 0 Å². The highest BCUT2D eigenvalue weighted by Crippen LogP contribution is 2.40. The van der Waals surface area contributed by atoms with E-state index in [9.17, 15) is 9.59 Å². The molecule has 2 amide bonds. The van der Waals surface area contributed by atoms with E-state index >= 15 is 0 Å². The highest BCUT2D eigenvalue weighted by atomic mass is 35.5. The molecule has 0 bridgehead atoms. The van der Waals surface area contributed by atoms with Crippen molar-refractivity contribution in [2.45, 2.75) is 25.8 Å². The molecule has 162 valence electrons. The molecule has 3 rings (SSSR count). The maximum Gasteiger partial charge on any atom is 0.227 e. The minimum absolute atomic E-state index is 0. The van der Waals surface area contributed by atoms with Crippen LogP contribution >= 0.6 is 12.4 Å². The Bertz CT molecular complexity index is 840. The fourth-order valence-corrected chi connectivity index (χ4v) is 3.80. The highest BCUT2D eigenvalue weighted by Gasteiger charge is 2.41. The van der Waals surface area contributed by atoms with Gasteiger partial charge in [0, 0.05) is 25.2 Å². The molecule has 0 aromatic heterocycles. The first-order valence-electron chi connectivity index (χ1n) is 10.00. The van der Waals surface area contributed by atoms with Crippen molar-refractivity contribution in [1.82, 2.24) is 10.6 Å². The van der Waals surface area contributed by atoms with Crippen LogP contribution in [0.5, 0.6) is 5.75 Å². The Hall–Kier alpha value is -2.57. The number of carbonyl (C=O) groups excluding carboxylic acids is 2. The summed E-state index contributed by atoms with van der Waals surface area (Å²) in [6.45, 7) is 3.27. The maximum atomic E-state index is 13.0. The molecule has 2 unspecified atom stereocenters. The summed E-state index contributed by atoms with van der Waals surface area (Å²) < 4.78 is 5.28. The number of hydrogen-bond acceptors (Lipinski definition) is 4. The summed E-state index contributed by atoms with van der Waals surface area (Å²) in [5.41, 5.74) is 2.86. The Labute approximate surface area is 184 Å². The average Bonchev–Trinajstić information content (AvgIpc) is 2.74. The van der Waals surface area contributed by atoms with Gasteiger partial charge in [-0.15, -0.1) is 12.4 Å². The highest BCUT2D eigenvalue weighted by molar-refractivity contribution is 5.97. The van der Waals surface area contributed by atoms with Crippen molar-refractivity contribution < 1.29 is 14.3 Å². The van der Waals surface area contributed by atoms with Crippen molar-refractivity contribution in [1.29, 1.82) is 0 Å². The number of halogens is 1. The fraction of sp³-hybridized carbons (Fsp3) is 0.391. The van der Waals surface area contributed by atoms with E-state index in [2.05, 4.69) is 10.6 Å². The third-order valence-corrected chi connectivity index (χ3v) is 5.38. The number of piperidine rings is 1. The molecule has 30 heavy (non-hydrogen) atoms. The van der Waals surface area contributed by atoms with Gasteiger partial charge in [-0.1, -0.05) is 29.8 Å². The van der Waals surface area contributed by atoms with Crippen molar-refractivity contribution in [3.63, 3.8) is 0 Å². The number of amides is 2. The Morgan fingerprint density at radius 3 is 2.37 bits per heavy atom. The topological polar surface area (TPSA) is 70.7 Å². The summed E-state index contributed by atoms with van der Waals surface area (Å²) in [7, 11) is 3.47. The number of benzene rings is 2. The molecule has 0 saturated carbocycles. The number of aryl methyl sites for hydroxylation is 1. The van der Waals surface area contributed by atoms with Gasteiger partial charge in [-0.3, -0.25) is 9.59 Å². The molecule has 7 heteroatoms. The Kier molecular flexibility index (Phi) is 8.69. The minimum Gasteiger partial charge on any atom is -0.497 e. The van der Waals surface area contributed by atoms with Gasteiger partial charge in [0.2, 0.25) is 11.8 Å². The van der Waals surface area contributed by atoms with E-state index in [-0.39, 0.29) is 36.2 Å². The third kappa shape index (κ3) is 5.32. The summed E-state index contributed by atoms with van der Waals surface area (Å²) in [6, 6.07) is 15.1. The van der Waals surface area contributed by atoms with Crippen LogP contribution in [0.3, 0.4) is 0 Å². The average molecular weight is 432 g/mol. The van der Waals surface area contributed by atoms with E-state index in [1.54, 1.807) is 12.0 Å². The minimum atomic E-state index is -0.362. The monoisotopic (exact) mass is 431 g/mol. The zero-order chi connectivity index (χ0) is 20.8. The molecule has 6 nitrogen and oxygen atoms in total. The Morgan fingerprint density at radius 2 is 1.77 bits per heavy atom. The second-order valence-corrected chi connectivity index (χ2v) is 7.36. The van der Waals surface area contributed by atoms with Crippen LogP contribution in [0.25, 0.3) is 0 Å². The number of rotatable bonds is 7. The van der Waals surface area contributed by atoms with Crippen molar-refractivity contribution in [3.8, 4) is 5.75 Å². The normalized spacial score (nSPS) is 18.5. The molecule has 1 aliphatic heterocycles. The SMILES string of the molecule is CNCCNC(=O)C1CCC(=O)N(c2ccc(C)cc2)C1c1ccc(OC)cc1.Cl. The second-order valence-electron chi connectivity index (χ2n) is 7.36. The van der Waals surface area contributed by atoms with E-state index < -0.39 is 0 Å². The molecule has 2 atom stereocenters. The zero-order valence-corrected chi connectivity index (χ0v) is 18.5. The summed E-state index contributed by atoms with van der Waals surface area (Å²) >= 11 is 0. The number of anilines is 1. The number of likely N-dealkylation sites (N-methyl/N-ethyl adjacent to an activating group) is 1. The molecule has 1 fully saturated rings. The lowest BCUT2D eigenvalue weighted by molar-refractivity contribution is -0.129. The fourth-order valence-electron chi connectivity index (χ4n) is 3.80. The Morgan fingerprint density at radius 1 is 1.10 bits per heavy atom. The van der Waals surface area contributed by atoms with Gasteiger partial charge >= 0.3 is 0 Å². The van der Waals surface area contributed by atoms with Crippen LogP contribution in [0.1, 0.15) is 30.0 Å². The van der Waals surface area contributed by atoms with Gasteiger partial charge in [0.05, 0.1) is 19.1 Å². The zero-order valence-electron chi connectivity index (χ0n) is 17.7. The Balaban J connectivity index is 0.00000320. The van der Waals surface area contributed by atoms with E-state index in [0.29, 0.717) is 25.9 Å². The molecular formula is C23H30ClN3O3. The number of nitrogens with one attached hydrogen (secondary N) is 2. The largest absolute Gasteiger partial charge is 0.497 e. The molecular weight excluding hydrogens is 402 g/mol. The lowest BCUT2D eigenvalue weighted by atomic mass is 9.83. The number of carbonyl (C=O) groups is 2. The van der Waals surface area contributed by atoms with Crippen molar-refractivity contribution >= 4 is 29.9 Å². The summed E-state index contributed by atoms with van der Waals surface area (Å²) in [6.07, 6.45) is 0.883. The van der Waals surface area contributed by atoms with Crippen LogP contribution in [0, 0.1) is 12.8 Å². The molecule has 0 aliphatic carbocycles. The number of nitrogens with zero attached hydrogens (tertiary/aromatic N) is 1. The predicted octanol–water partition coefficient (Wildman–Crippen LogP) is 3.25. The first kappa shape index (κ1) is 23.7. The smallest absolute Gasteiger partial charge is 0.227 e. The number of hydrogen-bond donors (Lipinski definition) is 2. The summed E-state index contributed by atoms with van der Waals surface area (Å²) in [4.78, 5) is 27.8. The standard InChI is InChI=1S/C23H29N3O3.ClH/c1-16-4-8-18(9-5-16)26-21(27)13-12-20(23(28)25-15-14-24-2)22(26)17-6-10-19(29-3)11-7-17;/h4-11,20,22,24H,12-15H2,1-3H3,(H,25,28);1H. The van der Waals surface area contributed by atoms with Gasteiger partial charge in [0.1, 0.15) is 5.75 Å². The lowest BCUT2D eigenvalue weighted by Gasteiger charge is -2.41. The predicted molar refractivity (Wildman–Crippen MR) is 121 cm³/mol. The van der Waals surface area contributed by atoms with Gasteiger partial charge < -0.3 is 20.3 Å². The maximum absolute atomic E-state index is 13.0. The molecule has 1 heterocycles. The van der Waals surface area contributed by atoms with Gasteiger partial charge in [-0.05, 0) is 50.2 Å². The molecule has 2 N–H and O–H groups in total. The number of ether oxygens (including phenoxy) is 1. The van der Waals surface area contributed by atoms with Crippen LogP contribution in [0.15, 0.2) is 48.5 Å². The molecule has 1 aliphatic rings. The van der Waals surface area contributed by atoms with Crippen molar-refractivity contribution in [2.24, 2.45) is 5.92 Å². The molecule has 0 radical (unpaired) electrons. The van der Waals surface area contributed by atoms with Crippen LogP contribution in [0.4, 0.5) is 5.69 Å². The van der Waals surface area contributed by atoms with Gasteiger partial charge in [-0.2, -0.15) is 0 Å². The summed E-state index contributed by atoms with van der Waals surface area (Å²) in [5, 5.41) is 6.04. The van der Waals surface area contributed by atoms with Crippen LogP contribution in [-0.2, 0) is 9.59 Å². The van der Waals surface area contributed by atoms with Crippen LogP contribution in [-0.4, -0.2) is 39.1 Å². The number of methoxy groups -OCH3 is 1. The second kappa shape index (κ2) is 11.0. The lowest BCUT2D eigenvalue weighted by Crippen LogP contribution is -2.49. The molecule has 2 aromatic rings. The van der Waals surface area contributed by atoms with Gasteiger partial charge in [0.15, 0.2) is 0 Å². The van der Waals surface area contributed by atoms with Crippen LogP contribution < -0.4 is 20.3 Å². The molecule has 2 aromatic carbocycles. The summed E-state index contributed by atoms with van der Waals surface area (Å²) in [5.74, 6) is 0.437. The van der Waals surface area contributed by atoms with E-state index in [1.807, 2.05) is 62.5 Å². The van der Waals surface area contributed by atoms with E-state index in [4.69, 9.17) is 4.74 Å². The van der Waals surface area contributed by atoms with Crippen molar-refractivity contribution in [2.75, 3.05) is 32.1 Å². The molecule has 0 spiro atoms. The van der Waals surface area contributed by atoms with E-state index in [0.717, 1.165) is 22.6 Å². The first-order chi connectivity index (χ1) is 14.0.